The molecule has 1 aromatic carbocycles. The molecule has 4 rings (SSSR count). The van der Waals surface area contributed by atoms with E-state index in [1.165, 1.54) is 4.90 Å². The zero-order valence-electron chi connectivity index (χ0n) is 14.7. The Hall–Kier alpha value is -2.54. The third-order valence-corrected chi connectivity index (χ3v) is 5.48. The fourth-order valence-corrected chi connectivity index (χ4v) is 4.03. The second-order valence-corrected chi connectivity index (χ2v) is 7.51. The van der Waals surface area contributed by atoms with Gasteiger partial charge in [0.15, 0.2) is 5.76 Å². The summed E-state index contributed by atoms with van der Waals surface area (Å²) < 4.78 is 5.51. The lowest BCUT2D eigenvalue weighted by Crippen LogP contribution is -2.44. The van der Waals surface area contributed by atoms with Crippen molar-refractivity contribution in [3.8, 4) is 0 Å². The molecule has 1 saturated carbocycles. The van der Waals surface area contributed by atoms with E-state index >= 15 is 0 Å². The van der Waals surface area contributed by atoms with Crippen LogP contribution in [0.25, 0.3) is 11.0 Å². The summed E-state index contributed by atoms with van der Waals surface area (Å²) in [5.74, 6) is -0.274. The molecule has 4 amide bonds. The van der Waals surface area contributed by atoms with Gasteiger partial charge < -0.3 is 15.1 Å². The lowest BCUT2D eigenvalue weighted by Gasteiger charge is -2.20. The van der Waals surface area contributed by atoms with Gasteiger partial charge in [0.25, 0.3) is 11.8 Å². The summed E-state index contributed by atoms with van der Waals surface area (Å²) in [4.78, 5) is 38.1. The molecule has 8 heteroatoms. The molecule has 2 heterocycles. The molecule has 0 unspecified atom stereocenters. The van der Waals surface area contributed by atoms with E-state index in [1.807, 2.05) is 0 Å². The SMILES string of the molecule is O=C(NCCCN1C(=O)NC2(CCCC2)C1=O)c1cc2cc(Cl)ccc2o1. The minimum Gasteiger partial charge on any atom is -0.451 e. The molecule has 2 fully saturated rings. The molecule has 1 aliphatic heterocycles. The Balaban J connectivity index is 1.30. The first-order chi connectivity index (χ1) is 13.0. The molecule has 2 N–H and O–H groups in total. The van der Waals surface area contributed by atoms with Gasteiger partial charge in [-0.25, -0.2) is 4.79 Å². The number of carbonyl (C=O) groups excluding carboxylic acids is 3. The van der Waals surface area contributed by atoms with Crippen LogP contribution in [-0.2, 0) is 4.79 Å². The van der Waals surface area contributed by atoms with Crippen LogP contribution in [0.4, 0.5) is 4.79 Å². The van der Waals surface area contributed by atoms with Gasteiger partial charge in [0.2, 0.25) is 0 Å². The van der Waals surface area contributed by atoms with E-state index in [-0.39, 0.29) is 30.2 Å². The fraction of sp³-hybridized carbons (Fsp3) is 0.421. The first kappa shape index (κ1) is 17.9. The number of furan rings is 1. The number of benzene rings is 1. The molecule has 0 radical (unpaired) electrons. The van der Waals surface area contributed by atoms with E-state index in [0.717, 1.165) is 18.2 Å². The maximum Gasteiger partial charge on any atom is 0.325 e. The molecule has 1 spiro atoms. The Labute approximate surface area is 161 Å². The average molecular weight is 390 g/mol. The van der Waals surface area contributed by atoms with Gasteiger partial charge in [0.05, 0.1) is 0 Å². The molecule has 1 saturated heterocycles. The minimum absolute atomic E-state index is 0.134. The number of carbonyl (C=O) groups is 3. The van der Waals surface area contributed by atoms with Crippen LogP contribution < -0.4 is 10.6 Å². The Morgan fingerprint density at radius 1 is 1.26 bits per heavy atom. The van der Waals surface area contributed by atoms with E-state index in [9.17, 15) is 14.4 Å². The molecule has 0 bridgehead atoms. The Bertz CT molecular complexity index is 917. The van der Waals surface area contributed by atoms with Crippen molar-refractivity contribution in [1.29, 1.82) is 0 Å². The molecule has 2 aromatic rings. The number of urea groups is 1. The minimum atomic E-state index is -0.685. The standard InChI is InChI=1S/C19H20ClN3O4/c20-13-4-5-14-12(10-13)11-15(27-14)16(24)21-8-3-9-23-17(25)19(22-18(23)26)6-1-2-7-19/h4-5,10-11H,1-3,6-9H2,(H,21,24)(H,22,26). The maximum atomic E-state index is 12.5. The van der Waals surface area contributed by atoms with Crippen molar-refractivity contribution in [2.75, 3.05) is 13.1 Å². The van der Waals surface area contributed by atoms with Gasteiger partial charge in [0, 0.05) is 23.5 Å². The van der Waals surface area contributed by atoms with Crippen molar-refractivity contribution < 1.29 is 18.8 Å². The summed E-state index contributed by atoms with van der Waals surface area (Å²) >= 11 is 5.93. The summed E-state index contributed by atoms with van der Waals surface area (Å²) in [5, 5.41) is 6.93. The Kier molecular flexibility index (Phi) is 4.55. The zero-order chi connectivity index (χ0) is 19.0. The van der Waals surface area contributed by atoms with Gasteiger partial charge in [-0.2, -0.15) is 0 Å². The normalized spacial score (nSPS) is 18.5. The van der Waals surface area contributed by atoms with Crippen molar-refractivity contribution in [1.82, 2.24) is 15.5 Å². The molecule has 7 nitrogen and oxygen atoms in total. The lowest BCUT2D eigenvalue weighted by molar-refractivity contribution is -0.131. The number of imide groups is 1. The highest BCUT2D eigenvalue weighted by molar-refractivity contribution is 6.31. The van der Waals surface area contributed by atoms with E-state index < -0.39 is 5.54 Å². The van der Waals surface area contributed by atoms with Crippen molar-refractivity contribution in [3.05, 3.63) is 35.0 Å². The van der Waals surface area contributed by atoms with E-state index in [4.69, 9.17) is 16.0 Å². The summed E-state index contributed by atoms with van der Waals surface area (Å²) in [6, 6.07) is 6.45. The number of fused-ring (bicyclic) bond motifs is 1. The van der Waals surface area contributed by atoms with Gasteiger partial charge >= 0.3 is 6.03 Å². The first-order valence-electron chi connectivity index (χ1n) is 9.10. The van der Waals surface area contributed by atoms with Crippen LogP contribution in [-0.4, -0.2) is 41.4 Å². The number of nitrogens with zero attached hydrogens (tertiary/aromatic N) is 1. The smallest absolute Gasteiger partial charge is 0.325 e. The van der Waals surface area contributed by atoms with Crippen LogP contribution in [0.3, 0.4) is 0 Å². The molecule has 1 aliphatic carbocycles. The van der Waals surface area contributed by atoms with Crippen molar-refractivity contribution in [2.45, 2.75) is 37.6 Å². The summed E-state index contributed by atoms with van der Waals surface area (Å²) in [6.07, 6.45) is 3.81. The van der Waals surface area contributed by atoms with Crippen LogP contribution in [0, 0.1) is 0 Å². The summed E-state index contributed by atoms with van der Waals surface area (Å²) in [5.41, 5.74) is -0.0960. The largest absolute Gasteiger partial charge is 0.451 e. The molecule has 1 aromatic heterocycles. The molecule has 27 heavy (non-hydrogen) atoms. The van der Waals surface area contributed by atoms with Crippen LogP contribution in [0.2, 0.25) is 5.02 Å². The van der Waals surface area contributed by atoms with Crippen LogP contribution in [0.15, 0.2) is 28.7 Å². The first-order valence-corrected chi connectivity index (χ1v) is 9.48. The van der Waals surface area contributed by atoms with Gasteiger partial charge in [-0.15, -0.1) is 0 Å². The highest BCUT2D eigenvalue weighted by Crippen LogP contribution is 2.35. The number of hydrogen-bond acceptors (Lipinski definition) is 4. The third-order valence-electron chi connectivity index (χ3n) is 5.25. The number of halogens is 1. The molecule has 142 valence electrons. The topological polar surface area (TPSA) is 91.7 Å². The number of rotatable bonds is 5. The van der Waals surface area contributed by atoms with Crippen LogP contribution in [0.5, 0.6) is 0 Å². The highest BCUT2D eigenvalue weighted by Gasteiger charge is 2.51. The monoisotopic (exact) mass is 389 g/mol. The summed E-state index contributed by atoms with van der Waals surface area (Å²) in [7, 11) is 0. The maximum absolute atomic E-state index is 12.5. The molecular formula is C19H20ClN3O4. The van der Waals surface area contributed by atoms with Gasteiger partial charge in [-0.05, 0) is 43.5 Å². The Morgan fingerprint density at radius 3 is 2.81 bits per heavy atom. The summed E-state index contributed by atoms with van der Waals surface area (Å²) in [6.45, 7) is 0.614. The number of nitrogens with one attached hydrogen (secondary N) is 2. The fourth-order valence-electron chi connectivity index (χ4n) is 3.85. The van der Waals surface area contributed by atoms with E-state index in [0.29, 0.717) is 36.4 Å². The van der Waals surface area contributed by atoms with Gasteiger partial charge in [0.1, 0.15) is 11.1 Å². The quantitative estimate of drug-likeness (QED) is 0.607. The second-order valence-electron chi connectivity index (χ2n) is 7.08. The van der Waals surface area contributed by atoms with E-state index in [1.54, 1.807) is 24.3 Å². The van der Waals surface area contributed by atoms with Crippen molar-refractivity contribution >= 4 is 40.4 Å². The van der Waals surface area contributed by atoms with Gasteiger partial charge in [-0.1, -0.05) is 24.4 Å². The van der Waals surface area contributed by atoms with Crippen molar-refractivity contribution in [2.24, 2.45) is 0 Å². The predicted molar refractivity (Wildman–Crippen MR) is 99.6 cm³/mol. The number of hydrogen-bond donors (Lipinski definition) is 2. The second kappa shape index (κ2) is 6.88. The number of amides is 4. The lowest BCUT2D eigenvalue weighted by atomic mass is 9.98. The van der Waals surface area contributed by atoms with Crippen LogP contribution in [0.1, 0.15) is 42.7 Å². The Morgan fingerprint density at radius 2 is 2.04 bits per heavy atom. The highest BCUT2D eigenvalue weighted by atomic mass is 35.5. The van der Waals surface area contributed by atoms with Gasteiger partial charge in [-0.3, -0.25) is 14.5 Å². The van der Waals surface area contributed by atoms with Crippen LogP contribution >= 0.6 is 11.6 Å². The zero-order valence-corrected chi connectivity index (χ0v) is 15.5. The molecule has 0 atom stereocenters. The third kappa shape index (κ3) is 3.27. The van der Waals surface area contributed by atoms with Crippen molar-refractivity contribution in [3.63, 3.8) is 0 Å². The predicted octanol–water partition coefficient (Wildman–Crippen LogP) is 3.07. The van der Waals surface area contributed by atoms with E-state index in [2.05, 4.69) is 10.6 Å². The molecule has 2 aliphatic rings. The molecular weight excluding hydrogens is 370 g/mol. The average Bonchev–Trinajstić information content (AvgIpc) is 3.32.